The van der Waals surface area contributed by atoms with Crippen LogP contribution in [-0.2, 0) is 7.05 Å². The first-order valence-corrected chi connectivity index (χ1v) is 7.98. The molecule has 1 fully saturated rings. The molecule has 2 unspecified atom stereocenters. The minimum absolute atomic E-state index is 0.282. The van der Waals surface area contributed by atoms with Gasteiger partial charge in [0.2, 0.25) is 0 Å². The maximum absolute atomic E-state index is 11.5. The molecule has 6 nitrogen and oxygen atoms in total. The first-order chi connectivity index (χ1) is 10.6. The van der Waals surface area contributed by atoms with Crippen molar-refractivity contribution in [2.24, 2.45) is 13.0 Å². The van der Waals surface area contributed by atoms with Crippen LogP contribution in [0.3, 0.4) is 0 Å². The molecule has 2 heterocycles. The molecule has 3 rings (SSSR count). The van der Waals surface area contributed by atoms with Crippen LogP contribution in [0, 0.1) is 5.92 Å². The maximum atomic E-state index is 11.5. The first-order valence-electron chi connectivity index (χ1n) is 7.98. The maximum Gasteiger partial charge on any atom is 0.348 e. The highest BCUT2D eigenvalue weighted by molar-refractivity contribution is 5.51. The van der Waals surface area contributed by atoms with Crippen LogP contribution < -0.4 is 11.0 Å². The number of H-pyrrole nitrogens is 1. The van der Waals surface area contributed by atoms with E-state index in [4.69, 9.17) is 0 Å². The summed E-state index contributed by atoms with van der Waals surface area (Å²) >= 11 is 0. The molecule has 1 aliphatic rings. The molecule has 0 radical (unpaired) electrons. The Morgan fingerprint density at radius 2 is 2.14 bits per heavy atom. The van der Waals surface area contributed by atoms with Gasteiger partial charge < -0.3 is 5.32 Å². The predicted octanol–water partition coefficient (Wildman–Crippen LogP) is 3.18. The second-order valence-electron chi connectivity index (χ2n) is 5.62. The molecular formula is C16H25N5O. The molecule has 0 saturated heterocycles. The molecule has 2 N–H and O–H groups in total. The van der Waals surface area contributed by atoms with E-state index < -0.39 is 0 Å². The van der Waals surface area contributed by atoms with Gasteiger partial charge in [-0.25, -0.2) is 9.78 Å². The minimum atomic E-state index is -0.282. The molecule has 6 heteroatoms. The smallest absolute Gasteiger partial charge is 0.325 e. The third-order valence-electron chi connectivity index (χ3n) is 4.05. The standard InChI is InChI=1S/C14H19N5O.C2H6/c1-9-3-4-10(7-9)11-8-12(18-17-11)16-13-5-6-15-14(20)19(13)2;1-2/h5-6,8-10H,3-4,7H2,1-2H3,(H2,16,17,18);1-2H3. The van der Waals surface area contributed by atoms with Crippen molar-refractivity contribution < 1.29 is 0 Å². The molecule has 2 aromatic heterocycles. The van der Waals surface area contributed by atoms with Gasteiger partial charge in [-0.1, -0.05) is 27.2 Å². The number of nitrogens with one attached hydrogen (secondary N) is 2. The van der Waals surface area contributed by atoms with Crippen molar-refractivity contribution in [2.75, 3.05) is 5.32 Å². The lowest BCUT2D eigenvalue weighted by atomic mass is 10.0. The normalized spacial score (nSPS) is 20.4. The topological polar surface area (TPSA) is 75.6 Å². The quantitative estimate of drug-likeness (QED) is 0.913. The van der Waals surface area contributed by atoms with Crippen LogP contribution in [0.1, 0.15) is 51.6 Å². The van der Waals surface area contributed by atoms with Gasteiger partial charge in [0.25, 0.3) is 0 Å². The monoisotopic (exact) mass is 303 g/mol. The third kappa shape index (κ3) is 3.55. The summed E-state index contributed by atoms with van der Waals surface area (Å²) < 4.78 is 1.46. The van der Waals surface area contributed by atoms with E-state index in [1.807, 2.05) is 19.9 Å². The summed E-state index contributed by atoms with van der Waals surface area (Å²) in [6.07, 6.45) is 5.22. The van der Waals surface area contributed by atoms with Crippen molar-refractivity contribution in [1.82, 2.24) is 19.7 Å². The van der Waals surface area contributed by atoms with Crippen molar-refractivity contribution >= 4 is 11.6 Å². The zero-order valence-corrected chi connectivity index (χ0v) is 13.8. The van der Waals surface area contributed by atoms with Crippen molar-refractivity contribution in [3.8, 4) is 0 Å². The summed E-state index contributed by atoms with van der Waals surface area (Å²) in [6, 6.07) is 3.79. The van der Waals surface area contributed by atoms with Crippen LogP contribution in [0.2, 0.25) is 0 Å². The molecule has 0 aromatic carbocycles. The number of nitrogens with zero attached hydrogens (tertiary/aromatic N) is 3. The van der Waals surface area contributed by atoms with E-state index in [0.29, 0.717) is 11.7 Å². The second-order valence-corrected chi connectivity index (χ2v) is 5.62. The lowest BCUT2D eigenvalue weighted by molar-refractivity contribution is 0.591. The van der Waals surface area contributed by atoms with Gasteiger partial charge in [-0.05, 0) is 24.8 Å². The van der Waals surface area contributed by atoms with Crippen molar-refractivity contribution in [2.45, 2.75) is 46.0 Å². The molecule has 1 saturated carbocycles. The molecule has 120 valence electrons. The fourth-order valence-corrected chi connectivity index (χ4v) is 2.83. The zero-order chi connectivity index (χ0) is 16.1. The van der Waals surface area contributed by atoms with E-state index in [1.54, 1.807) is 13.1 Å². The molecular weight excluding hydrogens is 278 g/mol. The lowest BCUT2D eigenvalue weighted by Crippen LogP contribution is -2.21. The summed E-state index contributed by atoms with van der Waals surface area (Å²) in [4.78, 5) is 15.2. The van der Waals surface area contributed by atoms with E-state index in [0.717, 1.165) is 11.7 Å². The number of anilines is 2. The van der Waals surface area contributed by atoms with Crippen molar-refractivity contribution in [3.63, 3.8) is 0 Å². The number of rotatable bonds is 3. The fourth-order valence-electron chi connectivity index (χ4n) is 2.83. The number of aromatic amines is 1. The minimum Gasteiger partial charge on any atom is -0.325 e. The van der Waals surface area contributed by atoms with Crippen LogP contribution in [0.25, 0.3) is 0 Å². The Hall–Kier alpha value is -2.11. The van der Waals surface area contributed by atoms with Crippen LogP contribution in [0.5, 0.6) is 0 Å². The average Bonchev–Trinajstić information content (AvgIpc) is 3.15. The van der Waals surface area contributed by atoms with Gasteiger partial charge in [-0.3, -0.25) is 9.67 Å². The van der Waals surface area contributed by atoms with E-state index >= 15 is 0 Å². The third-order valence-corrected chi connectivity index (χ3v) is 4.05. The molecule has 0 aliphatic heterocycles. The summed E-state index contributed by atoms with van der Waals surface area (Å²) in [5.41, 5.74) is 0.895. The summed E-state index contributed by atoms with van der Waals surface area (Å²) in [5, 5.41) is 10.5. The Kier molecular flexibility index (Phi) is 5.35. The highest BCUT2D eigenvalue weighted by atomic mass is 16.1. The Balaban J connectivity index is 0.000000847. The fraction of sp³-hybridized carbons (Fsp3) is 0.562. The Bertz CT molecular complexity index is 661. The van der Waals surface area contributed by atoms with Gasteiger partial charge in [-0.2, -0.15) is 5.10 Å². The first kappa shape index (κ1) is 16.3. The highest BCUT2D eigenvalue weighted by Gasteiger charge is 2.24. The molecule has 1 aliphatic carbocycles. The largest absolute Gasteiger partial charge is 0.348 e. The van der Waals surface area contributed by atoms with Gasteiger partial charge in [-0.15, -0.1) is 0 Å². The van der Waals surface area contributed by atoms with E-state index in [9.17, 15) is 4.79 Å². The summed E-state index contributed by atoms with van der Waals surface area (Å²) in [5.74, 6) is 2.79. The predicted molar refractivity (Wildman–Crippen MR) is 88.5 cm³/mol. The van der Waals surface area contributed by atoms with Crippen molar-refractivity contribution in [3.05, 3.63) is 34.5 Å². The van der Waals surface area contributed by atoms with Gasteiger partial charge in [0.05, 0.1) is 0 Å². The van der Waals surface area contributed by atoms with Crippen LogP contribution in [0.4, 0.5) is 11.6 Å². The Morgan fingerprint density at radius 1 is 1.36 bits per heavy atom. The van der Waals surface area contributed by atoms with Gasteiger partial charge in [0.15, 0.2) is 5.82 Å². The van der Waals surface area contributed by atoms with Crippen LogP contribution >= 0.6 is 0 Å². The highest BCUT2D eigenvalue weighted by Crippen LogP contribution is 2.37. The molecule has 0 amide bonds. The lowest BCUT2D eigenvalue weighted by Gasteiger charge is -2.07. The van der Waals surface area contributed by atoms with E-state index in [-0.39, 0.29) is 5.69 Å². The van der Waals surface area contributed by atoms with E-state index in [2.05, 4.69) is 27.4 Å². The van der Waals surface area contributed by atoms with Gasteiger partial charge >= 0.3 is 5.69 Å². The molecule has 22 heavy (non-hydrogen) atoms. The van der Waals surface area contributed by atoms with Crippen LogP contribution in [-0.4, -0.2) is 19.7 Å². The molecule has 2 atom stereocenters. The SMILES string of the molecule is CC.CC1CCC(c2cc(Nc3ccnc(=O)n3C)n[nH]2)C1. The van der Waals surface area contributed by atoms with Crippen LogP contribution in [0.15, 0.2) is 23.1 Å². The number of aromatic nitrogens is 4. The Labute approximate surface area is 131 Å². The van der Waals surface area contributed by atoms with E-state index in [1.165, 1.54) is 35.7 Å². The summed E-state index contributed by atoms with van der Waals surface area (Å²) in [6.45, 7) is 6.29. The number of hydrogen-bond donors (Lipinski definition) is 2. The Morgan fingerprint density at radius 3 is 2.82 bits per heavy atom. The molecule has 0 spiro atoms. The van der Waals surface area contributed by atoms with Gasteiger partial charge in [0, 0.05) is 30.9 Å². The number of hydrogen-bond acceptors (Lipinski definition) is 4. The zero-order valence-electron chi connectivity index (χ0n) is 13.8. The molecule has 0 bridgehead atoms. The average molecular weight is 303 g/mol. The van der Waals surface area contributed by atoms with Crippen molar-refractivity contribution in [1.29, 1.82) is 0 Å². The second kappa shape index (κ2) is 7.24. The molecule has 2 aromatic rings. The van der Waals surface area contributed by atoms with Gasteiger partial charge in [0.1, 0.15) is 5.82 Å². The summed E-state index contributed by atoms with van der Waals surface area (Å²) in [7, 11) is 1.68.